The first-order valence-electron chi connectivity index (χ1n) is 7.28. The van der Waals surface area contributed by atoms with Crippen LogP contribution in [0, 0.1) is 5.41 Å². The van der Waals surface area contributed by atoms with Crippen molar-refractivity contribution in [1.29, 1.82) is 0 Å². The number of carbonyl (C=O) groups is 2. The molecule has 2 N–H and O–H groups in total. The zero-order valence-electron chi connectivity index (χ0n) is 13.1. The van der Waals surface area contributed by atoms with Crippen LogP contribution in [0.5, 0.6) is 0 Å². The van der Waals surface area contributed by atoms with Crippen LogP contribution in [0.1, 0.15) is 39.3 Å². The molecule has 1 saturated heterocycles. The number of aromatic amines is 1. The molecule has 22 heavy (non-hydrogen) atoms. The summed E-state index contributed by atoms with van der Waals surface area (Å²) in [5.41, 5.74) is -0.845. The molecule has 2 rings (SSSR count). The van der Waals surface area contributed by atoms with E-state index in [2.05, 4.69) is 15.4 Å². The number of carboxylic acid groups (broad SMARTS) is 1. The molecule has 1 aromatic heterocycles. The monoisotopic (exact) mass is 310 g/mol. The molecule has 0 bridgehead atoms. The summed E-state index contributed by atoms with van der Waals surface area (Å²) in [6, 6.07) is 0. The van der Waals surface area contributed by atoms with Crippen LogP contribution >= 0.6 is 0 Å². The topological polar surface area (TPSA) is 108 Å². The van der Waals surface area contributed by atoms with Crippen molar-refractivity contribution in [2.75, 3.05) is 13.1 Å². The molecule has 0 spiro atoms. The lowest BCUT2D eigenvalue weighted by Crippen LogP contribution is -2.48. The van der Waals surface area contributed by atoms with E-state index in [1.807, 2.05) is 0 Å². The summed E-state index contributed by atoms with van der Waals surface area (Å²) in [5.74, 6) is -0.862. The van der Waals surface area contributed by atoms with Crippen molar-refractivity contribution in [3.8, 4) is 0 Å². The van der Waals surface area contributed by atoms with Crippen molar-refractivity contribution in [3.05, 3.63) is 11.9 Å². The van der Waals surface area contributed by atoms with Crippen LogP contribution in [0.15, 0.2) is 6.20 Å². The van der Waals surface area contributed by atoms with Crippen molar-refractivity contribution < 1.29 is 19.4 Å². The highest BCUT2D eigenvalue weighted by atomic mass is 16.6. The standard InChI is InChI=1S/C14H22N4O4/c1-13(2,3)22-12(21)18-6-4-14(5-7-18,11(19)20)8-10-9-15-17-16-10/h9H,4-8H2,1-3H3,(H,19,20)(H,15,16,17). The Labute approximate surface area is 128 Å². The second-order valence-corrected chi connectivity index (χ2v) is 6.69. The molecule has 0 unspecified atom stereocenters. The van der Waals surface area contributed by atoms with Crippen LogP contribution in [0.2, 0.25) is 0 Å². The lowest BCUT2D eigenvalue weighted by Gasteiger charge is -2.38. The Morgan fingerprint density at radius 2 is 2.05 bits per heavy atom. The fourth-order valence-electron chi connectivity index (χ4n) is 2.57. The number of aromatic nitrogens is 3. The Balaban J connectivity index is 2.01. The molecular formula is C14H22N4O4. The van der Waals surface area contributed by atoms with Crippen LogP contribution in [0.4, 0.5) is 4.79 Å². The number of rotatable bonds is 3. The molecule has 0 radical (unpaired) electrons. The number of hydrogen-bond acceptors (Lipinski definition) is 5. The fourth-order valence-corrected chi connectivity index (χ4v) is 2.57. The molecule has 2 heterocycles. The highest BCUT2D eigenvalue weighted by molar-refractivity contribution is 5.76. The van der Waals surface area contributed by atoms with Crippen LogP contribution < -0.4 is 0 Å². The van der Waals surface area contributed by atoms with Gasteiger partial charge in [-0.3, -0.25) is 4.79 Å². The molecule has 1 aliphatic heterocycles. The van der Waals surface area contributed by atoms with E-state index in [0.717, 1.165) is 0 Å². The van der Waals surface area contributed by atoms with Crippen LogP contribution in [0.25, 0.3) is 0 Å². The van der Waals surface area contributed by atoms with E-state index in [9.17, 15) is 14.7 Å². The first-order chi connectivity index (χ1) is 10.2. The van der Waals surface area contributed by atoms with Gasteiger partial charge in [-0.05, 0) is 33.6 Å². The molecule has 0 aliphatic carbocycles. The lowest BCUT2D eigenvalue weighted by molar-refractivity contribution is -0.152. The predicted octanol–water partition coefficient (Wildman–Crippen LogP) is 1.45. The third-order valence-electron chi connectivity index (χ3n) is 3.81. The smallest absolute Gasteiger partial charge is 0.410 e. The van der Waals surface area contributed by atoms with Gasteiger partial charge in [0.05, 0.1) is 17.3 Å². The SMILES string of the molecule is CC(C)(C)OC(=O)N1CCC(Cc2cn[nH]n2)(C(=O)O)CC1. The van der Waals surface area contributed by atoms with Gasteiger partial charge in [0.1, 0.15) is 5.60 Å². The largest absolute Gasteiger partial charge is 0.481 e. The average molecular weight is 310 g/mol. The van der Waals surface area contributed by atoms with Crippen LogP contribution in [-0.2, 0) is 16.0 Å². The molecular weight excluding hydrogens is 288 g/mol. The minimum atomic E-state index is -0.907. The minimum Gasteiger partial charge on any atom is -0.481 e. The molecule has 0 atom stereocenters. The molecule has 8 nitrogen and oxygen atoms in total. The molecule has 1 aliphatic rings. The molecule has 1 fully saturated rings. The van der Waals surface area contributed by atoms with Gasteiger partial charge >= 0.3 is 12.1 Å². The van der Waals surface area contributed by atoms with Crippen molar-refractivity contribution >= 4 is 12.1 Å². The van der Waals surface area contributed by atoms with Crippen LogP contribution in [-0.4, -0.2) is 56.2 Å². The molecule has 1 aromatic rings. The number of nitrogens with one attached hydrogen (secondary N) is 1. The summed E-state index contributed by atoms with van der Waals surface area (Å²) in [5, 5.41) is 19.7. The van der Waals surface area contributed by atoms with Crippen molar-refractivity contribution in [2.24, 2.45) is 5.41 Å². The van der Waals surface area contributed by atoms with E-state index in [4.69, 9.17) is 4.74 Å². The quantitative estimate of drug-likeness (QED) is 0.874. The summed E-state index contributed by atoms with van der Waals surface area (Å²) in [4.78, 5) is 25.3. The van der Waals surface area contributed by atoms with Gasteiger partial charge in [-0.15, -0.1) is 0 Å². The Morgan fingerprint density at radius 1 is 1.41 bits per heavy atom. The summed E-state index contributed by atoms with van der Waals surface area (Å²) < 4.78 is 5.32. The average Bonchev–Trinajstić information content (AvgIpc) is 2.90. The number of likely N-dealkylation sites (tertiary alicyclic amines) is 1. The lowest BCUT2D eigenvalue weighted by atomic mass is 9.75. The fraction of sp³-hybridized carbons (Fsp3) is 0.714. The molecule has 0 aromatic carbocycles. The van der Waals surface area contributed by atoms with Gasteiger partial charge in [0, 0.05) is 19.5 Å². The number of piperidine rings is 1. The molecule has 0 saturated carbocycles. The number of aliphatic carboxylic acids is 1. The van der Waals surface area contributed by atoms with Gasteiger partial charge in [0.15, 0.2) is 0 Å². The summed E-state index contributed by atoms with van der Waals surface area (Å²) >= 11 is 0. The van der Waals surface area contributed by atoms with E-state index in [0.29, 0.717) is 38.0 Å². The third-order valence-corrected chi connectivity index (χ3v) is 3.81. The van der Waals surface area contributed by atoms with Crippen molar-refractivity contribution in [1.82, 2.24) is 20.3 Å². The maximum absolute atomic E-state index is 12.0. The van der Waals surface area contributed by atoms with E-state index < -0.39 is 23.1 Å². The molecule has 8 heteroatoms. The van der Waals surface area contributed by atoms with Crippen LogP contribution in [0.3, 0.4) is 0 Å². The number of amides is 1. The normalized spacial score (nSPS) is 18.0. The zero-order valence-corrected chi connectivity index (χ0v) is 13.1. The molecule has 122 valence electrons. The first kappa shape index (κ1) is 16.3. The second kappa shape index (κ2) is 5.94. The number of hydrogen-bond donors (Lipinski definition) is 2. The van der Waals surface area contributed by atoms with Crippen molar-refractivity contribution in [2.45, 2.75) is 45.6 Å². The van der Waals surface area contributed by atoms with E-state index in [1.165, 1.54) is 6.20 Å². The summed E-state index contributed by atoms with van der Waals surface area (Å²) in [7, 11) is 0. The highest BCUT2D eigenvalue weighted by Gasteiger charge is 2.43. The Morgan fingerprint density at radius 3 is 2.50 bits per heavy atom. The van der Waals surface area contributed by atoms with E-state index in [-0.39, 0.29) is 0 Å². The second-order valence-electron chi connectivity index (χ2n) is 6.69. The Kier molecular flexibility index (Phi) is 4.39. The molecule has 1 amide bonds. The number of carboxylic acids is 1. The maximum atomic E-state index is 12.0. The zero-order chi connectivity index (χ0) is 16.4. The van der Waals surface area contributed by atoms with E-state index >= 15 is 0 Å². The summed E-state index contributed by atoms with van der Waals surface area (Å²) in [6.07, 6.45) is 2.18. The minimum absolute atomic E-state index is 0.307. The van der Waals surface area contributed by atoms with Gasteiger partial charge in [-0.1, -0.05) is 0 Å². The Bertz CT molecular complexity index is 528. The third kappa shape index (κ3) is 3.75. The van der Waals surface area contributed by atoms with Gasteiger partial charge in [-0.25, -0.2) is 4.79 Å². The number of ether oxygens (including phenoxy) is 1. The summed E-state index contributed by atoms with van der Waals surface area (Å²) in [6.45, 7) is 6.14. The number of nitrogens with zero attached hydrogens (tertiary/aromatic N) is 3. The first-order valence-corrected chi connectivity index (χ1v) is 7.28. The van der Waals surface area contributed by atoms with Gasteiger partial charge in [0.2, 0.25) is 0 Å². The van der Waals surface area contributed by atoms with Crippen molar-refractivity contribution in [3.63, 3.8) is 0 Å². The van der Waals surface area contributed by atoms with Gasteiger partial charge in [0.25, 0.3) is 0 Å². The van der Waals surface area contributed by atoms with Gasteiger partial charge < -0.3 is 14.7 Å². The maximum Gasteiger partial charge on any atom is 0.410 e. The highest BCUT2D eigenvalue weighted by Crippen LogP contribution is 2.35. The van der Waals surface area contributed by atoms with E-state index in [1.54, 1.807) is 25.7 Å². The Hall–Kier alpha value is -2.12. The predicted molar refractivity (Wildman–Crippen MR) is 77.2 cm³/mol. The number of carbonyl (C=O) groups excluding carboxylic acids is 1. The number of H-pyrrole nitrogens is 1. The van der Waals surface area contributed by atoms with Gasteiger partial charge in [-0.2, -0.15) is 15.4 Å².